The number of carbonyl (C=O) groups is 2. The minimum atomic E-state index is -0.583. The number of rotatable bonds is 7. The van der Waals surface area contributed by atoms with E-state index in [0.717, 1.165) is 11.4 Å². The van der Waals surface area contributed by atoms with Gasteiger partial charge in [-0.15, -0.1) is 21.5 Å². The summed E-state index contributed by atoms with van der Waals surface area (Å²) in [5, 5.41) is 14.1. The highest BCUT2D eigenvalue weighted by Gasteiger charge is 2.18. The molecule has 0 unspecified atom stereocenters. The number of aryl methyl sites for hydroxylation is 1. The van der Waals surface area contributed by atoms with Crippen LogP contribution in [0.3, 0.4) is 0 Å². The summed E-state index contributed by atoms with van der Waals surface area (Å²) in [4.78, 5) is 25.1. The molecular formula is C19H21N5O2S2. The number of thiophene rings is 1. The summed E-state index contributed by atoms with van der Waals surface area (Å²) in [5.74, 6) is 0.132. The molecule has 1 aromatic carbocycles. The SMILES string of the molecule is CCn1c(SCC(=O)Nc2ccccc2C(N)=O)nnc1-c1csc(C)c1C. The number of amides is 2. The van der Waals surface area contributed by atoms with Gasteiger partial charge in [0.2, 0.25) is 5.91 Å². The van der Waals surface area contributed by atoms with Crippen molar-refractivity contribution in [1.82, 2.24) is 14.8 Å². The Morgan fingerprint density at radius 1 is 1.25 bits per heavy atom. The van der Waals surface area contributed by atoms with Crippen molar-refractivity contribution in [2.24, 2.45) is 5.73 Å². The zero-order valence-electron chi connectivity index (χ0n) is 15.9. The summed E-state index contributed by atoms with van der Waals surface area (Å²) in [6.45, 7) is 6.88. The summed E-state index contributed by atoms with van der Waals surface area (Å²) in [5.41, 5.74) is 8.31. The van der Waals surface area contributed by atoms with Crippen LogP contribution in [0.4, 0.5) is 5.69 Å². The zero-order chi connectivity index (χ0) is 20.3. The van der Waals surface area contributed by atoms with Gasteiger partial charge in [-0.25, -0.2) is 0 Å². The first kappa shape index (κ1) is 20.1. The van der Waals surface area contributed by atoms with E-state index in [2.05, 4.69) is 34.7 Å². The fourth-order valence-electron chi connectivity index (χ4n) is 2.74. The van der Waals surface area contributed by atoms with Crippen molar-refractivity contribution in [1.29, 1.82) is 0 Å². The van der Waals surface area contributed by atoms with Crippen molar-refractivity contribution in [3.05, 3.63) is 45.6 Å². The van der Waals surface area contributed by atoms with Crippen molar-refractivity contribution < 1.29 is 9.59 Å². The van der Waals surface area contributed by atoms with Crippen LogP contribution >= 0.6 is 23.1 Å². The molecule has 28 heavy (non-hydrogen) atoms. The summed E-state index contributed by atoms with van der Waals surface area (Å²) in [6.07, 6.45) is 0. The molecule has 3 N–H and O–H groups in total. The van der Waals surface area contributed by atoms with Gasteiger partial charge in [0.25, 0.3) is 5.91 Å². The summed E-state index contributed by atoms with van der Waals surface area (Å²) >= 11 is 2.99. The second kappa shape index (κ2) is 8.57. The first-order valence-electron chi connectivity index (χ1n) is 8.72. The number of benzene rings is 1. The lowest BCUT2D eigenvalue weighted by atomic mass is 10.1. The topological polar surface area (TPSA) is 103 Å². The van der Waals surface area contributed by atoms with E-state index in [1.165, 1.54) is 22.2 Å². The molecule has 0 atom stereocenters. The molecule has 146 valence electrons. The molecule has 3 rings (SSSR count). The standard InChI is InChI=1S/C19H21N5O2S2/c1-4-24-18(14-9-27-12(3)11(14)2)22-23-19(24)28-10-16(25)21-15-8-6-5-7-13(15)17(20)26/h5-9H,4,10H2,1-3H3,(H2,20,26)(H,21,25). The molecular weight excluding hydrogens is 394 g/mol. The van der Waals surface area contributed by atoms with Crippen LogP contribution in [0.15, 0.2) is 34.8 Å². The number of hydrogen-bond donors (Lipinski definition) is 2. The van der Waals surface area contributed by atoms with E-state index in [1.54, 1.807) is 35.6 Å². The number of aromatic nitrogens is 3. The second-order valence-electron chi connectivity index (χ2n) is 6.13. The van der Waals surface area contributed by atoms with Crippen LogP contribution in [0, 0.1) is 13.8 Å². The van der Waals surface area contributed by atoms with Crippen LogP contribution < -0.4 is 11.1 Å². The summed E-state index contributed by atoms with van der Waals surface area (Å²) < 4.78 is 2.00. The molecule has 0 saturated heterocycles. The summed E-state index contributed by atoms with van der Waals surface area (Å²) in [6, 6.07) is 6.66. The fourth-order valence-corrected chi connectivity index (χ4v) is 4.40. The normalized spacial score (nSPS) is 10.8. The molecule has 0 radical (unpaired) electrons. The molecule has 2 amide bonds. The van der Waals surface area contributed by atoms with Gasteiger partial charge in [-0.1, -0.05) is 23.9 Å². The first-order chi connectivity index (χ1) is 13.4. The number of carbonyl (C=O) groups excluding carboxylic acids is 2. The monoisotopic (exact) mass is 415 g/mol. The largest absolute Gasteiger partial charge is 0.366 e. The van der Waals surface area contributed by atoms with Gasteiger partial charge in [0.1, 0.15) is 0 Å². The second-order valence-corrected chi connectivity index (χ2v) is 8.15. The molecule has 0 bridgehead atoms. The van der Waals surface area contributed by atoms with Gasteiger partial charge in [-0.2, -0.15) is 0 Å². The smallest absolute Gasteiger partial charge is 0.250 e. The van der Waals surface area contributed by atoms with Crippen LogP contribution in [0.5, 0.6) is 0 Å². The third-order valence-electron chi connectivity index (χ3n) is 4.36. The maximum Gasteiger partial charge on any atom is 0.250 e. The maximum absolute atomic E-state index is 12.4. The molecule has 0 saturated carbocycles. The summed E-state index contributed by atoms with van der Waals surface area (Å²) in [7, 11) is 0. The van der Waals surface area contributed by atoms with Crippen molar-refractivity contribution in [3.63, 3.8) is 0 Å². The number of primary amides is 1. The third kappa shape index (κ3) is 4.10. The molecule has 0 aliphatic heterocycles. The Balaban J connectivity index is 1.72. The Labute approximate surface area is 171 Å². The third-order valence-corrected chi connectivity index (χ3v) is 6.34. The maximum atomic E-state index is 12.4. The molecule has 0 fully saturated rings. The van der Waals surface area contributed by atoms with E-state index < -0.39 is 5.91 Å². The Hall–Kier alpha value is -2.65. The number of nitrogens with zero attached hydrogens (tertiary/aromatic N) is 3. The van der Waals surface area contributed by atoms with Crippen LogP contribution in [0.1, 0.15) is 27.7 Å². The minimum Gasteiger partial charge on any atom is -0.366 e. The van der Waals surface area contributed by atoms with Crippen LogP contribution in [-0.2, 0) is 11.3 Å². The zero-order valence-corrected chi connectivity index (χ0v) is 17.5. The Morgan fingerprint density at radius 2 is 2.00 bits per heavy atom. The van der Waals surface area contributed by atoms with Crippen LogP contribution in [0.25, 0.3) is 11.4 Å². The number of nitrogens with two attached hydrogens (primary N) is 1. The Kier molecular flexibility index (Phi) is 6.15. The lowest BCUT2D eigenvalue weighted by Gasteiger charge is -2.09. The molecule has 2 aromatic heterocycles. The van der Waals surface area contributed by atoms with E-state index in [1.807, 2.05) is 11.5 Å². The van der Waals surface area contributed by atoms with Crippen molar-refractivity contribution in [2.45, 2.75) is 32.5 Å². The van der Waals surface area contributed by atoms with E-state index in [9.17, 15) is 9.59 Å². The average molecular weight is 416 g/mol. The average Bonchev–Trinajstić information content (AvgIpc) is 3.23. The highest BCUT2D eigenvalue weighted by atomic mass is 32.2. The fraction of sp³-hybridized carbons (Fsp3) is 0.263. The van der Waals surface area contributed by atoms with Crippen LogP contribution in [0.2, 0.25) is 0 Å². The molecule has 7 nitrogen and oxygen atoms in total. The van der Waals surface area contributed by atoms with Crippen molar-refractivity contribution >= 4 is 40.6 Å². The molecule has 3 aromatic rings. The van der Waals surface area contributed by atoms with Gasteiger partial charge in [0, 0.05) is 22.4 Å². The minimum absolute atomic E-state index is 0.146. The molecule has 0 aliphatic carbocycles. The molecule has 2 heterocycles. The Morgan fingerprint density at radius 3 is 2.64 bits per heavy atom. The quantitative estimate of drug-likeness (QED) is 0.575. The number of anilines is 1. The van der Waals surface area contributed by atoms with Crippen LogP contribution in [-0.4, -0.2) is 32.3 Å². The predicted molar refractivity (Wildman–Crippen MR) is 113 cm³/mol. The van der Waals surface area contributed by atoms with Gasteiger partial charge >= 0.3 is 0 Å². The number of nitrogens with one attached hydrogen (secondary N) is 1. The van der Waals surface area contributed by atoms with Gasteiger partial charge in [-0.3, -0.25) is 9.59 Å². The van der Waals surface area contributed by atoms with Crippen molar-refractivity contribution in [2.75, 3.05) is 11.1 Å². The van der Waals surface area contributed by atoms with Crippen molar-refractivity contribution in [3.8, 4) is 11.4 Å². The lowest BCUT2D eigenvalue weighted by molar-refractivity contribution is -0.113. The Bertz CT molecular complexity index is 1030. The van der Waals surface area contributed by atoms with Gasteiger partial charge in [0.05, 0.1) is 17.0 Å². The van der Waals surface area contributed by atoms with E-state index in [0.29, 0.717) is 17.4 Å². The highest BCUT2D eigenvalue weighted by Crippen LogP contribution is 2.31. The molecule has 0 aliphatic rings. The van der Waals surface area contributed by atoms with Gasteiger partial charge in [-0.05, 0) is 38.5 Å². The highest BCUT2D eigenvalue weighted by molar-refractivity contribution is 7.99. The number of thioether (sulfide) groups is 1. The number of hydrogen-bond acceptors (Lipinski definition) is 6. The lowest BCUT2D eigenvalue weighted by Crippen LogP contribution is -2.19. The molecule has 0 spiro atoms. The van der Waals surface area contributed by atoms with E-state index in [-0.39, 0.29) is 17.2 Å². The first-order valence-corrected chi connectivity index (χ1v) is 10.6. The van der Waals surface area contributed by atoms with Gasteiger partial charge in [0.15, 0.2) is 11.0 Å². The number of para-hydroxylation sites is 1. The predicted octanol–water partition coefficient (Wildman–Crippen LogP) is 3.47. The van der Waals surface area contributed by atoms with Gasteiger partial charge < -0.3 is 15.6 Å². The van der Waals surface area contributed by atoms with E-state index >= 15 is 0 Å². The van der Waals surface area contributed by atoms with E-state index in [4.69, 9.17) is 5.73 Å². The molecule has 9 heteroatoms.